The molecular formula is C13H20N2O3. The first kappa shape index (κ1) is 14.5. The van der Waals surface area contributed by atoms with Gasteiger partial charge in [-0.15, -0.1) is 0 Å². The Hall–Kier alpha value is -1.59. The lowest BCUT2D eigenvalue weighted by atomic mass is 10.1. The van der Waals surface area contributed by atoms with Gasteiger partial charge in [0.2, 0.25) is 5.91 Å². The Morgan fingerprint density at radius 1 is 1.44 bits per heavy atom. The lowest BCUT2D eigenvalue weighted by Gasteiger charge is -2.18. The fraction of sp³-hybridized carbons (Fsp3) is 0.462. The van der Waals surface area contributed by atoms with Crippen molar-refractivity contribution in [2.24, 2.45) is 5.73 Å². The van der Waals surface area contributed by atoms with Crippen molar-refractivity contribution in [3.05, 3.63) is 29.8 Å². The van der Waals surface area contributed by atoms with E-state index in [0.29, 0.717) is 0 Å². The van der Waals surface area contributed by atoms with E-state index in [0.717, 1.165) is 11.3 Å². The predicted molar refractivity (Wildman–Crippen MR) is 69.4 cm³/mol. The number of rotatable bonds is 6. The number of benzene rings is 1. The molecule has 0 aliphatic heterocycles. The standard InChI is InChI=1S/C13H20N2O3/c1-9(15-13(16)12(14)8-17-2)10-5-4-6-11(7-10)18-3/h4-7,9,12H,8,14H2,1-3H3,(H,15,16)/t9-,12?/m0/s1. The average molecular weight is 252 g/mol. The highest BCUT2D eigenvalue weighted by molar-refractivity contribution is 5.82. The van der Waals surface area contributed by atoms with Crippen LogP contribution in [0.2, 0.25) is 0 Å². The van der Waals surface area contributed by atoms with E-state index in [1.807, 2.05) is 31.2 Å². The quantitative estimate of drug-likeness (QED) is 0.787. The molecule has 0 aromatic heterocycles. The maximum absolute atomic E-state index is 11.7. The molecule has 0 fully saturated rings. The van der Waals surface area contributed by atoms with Crippen molar-refractivity contribution >= 4 is 5.91 Å². The number of nitrogens with one attached hydrogen (secondary N) is 1. The van der Waals surface area contributed by atoms with E-state index < -0.39 is 6.04 Å². The van der Waals surface area contributed by atoms with Crippen molar-refractivity contribution in [1.29, 1.82) is 0 Å². The fourth-order valence-corrected chi connectivity index (χ4v) is 1.57. The Bertz CT molecular complexity index is 396. The molecule has 18 heavy (non-hydrogen) atoms. The summed E-state index contributed by atoms with van der Waals surface area (Å²) in [5, 5.41) is 2.83. The minimum Gasteiger partial charge on any atom is -0.497 e. The predicted octanol–water partition coefficient (Wildman–Crippen LogP) is 0.846. The third-order valence-corrected chi connectivity index (χ3v) is 2.64. The lowest BCUT2D eigenvalue weighted by Crippen LogP contribution is -2.44. The first-order valence-corrected chi connectivity index (χ1v) is 5.77. The minimum absolute atomic E-state index is 0.129. The number of amides is 1. The van der Waals surface area contributed by atoms with E-state index in [1.54, 1.807) is 7.11 Å². The maximum Gasteiger partial charge on any atom is 0.239 e. The second-order valence-electron chi connectivity index (χ2n) is 4.07. The highest BCUT2D eigenvalue weighted by Crippen LogP contribution is 2.18. The highest BCUT2D eigenvalue weighted by atomic mass is 16.5. The maximum atomic E-state index is 11.7. The number of carbonyl (C=O) groups is 1. The first-order valence-electron chi connectivity index (χ1n) is 5.77. The Morgan fingerprint density at radius 3 is 2.78 bits per heavy atom. The van der Waals surface area contributed by atoms with Crippen LogP contribution in [0.3, 0.4) is 0 Å². The number of ether oxygens (including phenoxy) is 2. The molecular weight excluding hydrogens is 232 g/mol. The molecule has 100 valence electrons. The van der Waals surface area contributed by atoms with Crippen molar-refractivity contribution < 1.29 is 14.3 Å². The van der Waals surface area contributed by atoms with Crippen molar-refractivity contribution in [2.75, 3.05) is 20.8 Å². The third-order valence-electron chi connectivity index (χ3n) is 2.64. The van der Waals surface area contributed by atoms with Crippen LogP contribution in [0.1, 0.15) is 18.5 Å². The average Bonchev–Trinajstić information content (AvgIpc) is 2.39. The summed E-state index contributed by atoms with van der Waals surface area (Å²) in [5.41, 5.74) is 6.61. The summed E-state index contributed by atoms with van der Waals surface area (Å²) >= 11 is 0. The van der Waals surface area contributed by atoms with Gasteiger partial charge in [0.05, 0.1) is 19.8 Å². The first-order chi connectivity index (χ1) is 8.58. The number of carbonyl (C=O) groups excluding carboxylic acids is 1. The molecule has 0 saturated heterocycles. The monoisotopic (exact) mass is 252 g/mol. The van der Waals surface area contributed by atoms with E-state index in [-0.39, 0.29) is 18.6 Å². The van der Waals surface area contributed by atoms with Crippen LogP contribution in [0.4, 0.5) is 0 Å². The highest BCUT2D eigenvalue weighted by Gasteiger charge is 2.16. The SMILES string of the molecule is COCC(N)C(=O)N[C@@H](C)c1cccc(OC)c1. The summed E-state index contributed by atoms with van der Waals surface area (Å²) in [6.45, 7) is 2.10. The van der Waals surface area contributed by atoms with Gasteiger partial charge in [0, 0.05) is 7.11 Å². The van der Waals surface area contributed by atoms with Crippen LogP contribution in [-0.4, -0.2) is 32.8 Å². The zero-order valence-corrected chi connectivity index (χ0v) is 11.0. The number of methoxy groups -OCH3 is 2. The molecule has 0 aliphatic rings. The number of nitrogens with two attached hydrogens (primary N) is 1. The van der Waals surface area contributed by atoms with Crippen molar-refractivity contribution in [3.63, 3.8) is 0 Å². The van der Waals surface area contributed by atoms with Crippen molar-refractivity contribution in [3.8, 4) is 5.75 Å². The lowest BCUT2D eigenvalue weighted by molar-refractivity contribution is -0.124. The summed E-state index contributed by atoms with van der Waals surface area (Å²) in [4.78, 5) is 11.7. The molecule has 3 N–H and O–H groups in total. The summed E-state index contributed by atoms with van der Waals surface area (Å²) in [6, 6.07) is 6.77. The van der Waals surface area contributed by atoms with E-state index in [1.165, 1.54) is 7.11 Å². The molecule has 1 amide bonds. The van der Waals surface area contributed by atoms with Gasteiger partial charge < -0.3 is 20.5 Å². The molecule has 0 aliphatic carbocycles. The van der Waals surface area contributed by atoms with Crippen LogP contribution in [-0.2, 0) is 9.53 Å². The molecule has 1 rings (SSSR count). The van der Waals surface area contributed by atoms with Crippen LogP contribution >= 0.6 is 0 Å². The summed E-state index contributed by atoms with van der Waals surface area (Å²) < 4.78 is 9.98. The number of hydrogen-bond donors (Lipinski definition) is 2. The van der Waals surface area contributed by atoms with Crippen LogP contribution in [0, 0.1) is 0 Å². The van der Waals surface area contributed by atoms with Crippen LogP contribution in [0.5, 0.6) is 5.75 Å². The normalized spacial score (nSPS) is 13.8. The van der Waals surface area contributed by atoms with Gasteiger partial charge in [0.25, 0.3) is 0 Å². The molecule has 0 heterocycles. The molecule has 2 atom stereocenters. The van der Waals surface area contributed by atoms with Crippen molar-refractivity contribution in [1.82, 2.24) is 5.32 Å². The Morgan fingerprint density at radius 2 is 2.17 bits per heavy atom. The largest absolute Gasteiger partial charge is 0.497 e. The Balaban J connectivity index is 2.64. The zero-order chi connectivity index (χ0) is 13.5. The Labute approximate surface area is 107 Å². The second kappa shape index (κ2) is 6.98. The molecule has 5 heteroatoms. The molecule has 5 nitrogen and oxygen atoms in total. The van der Waals surface area contributed by atoms with Gasteiger partial charge in [0.15, 0.2) is 0 Å². The Kier molecular flexibility index (Phi) is 5.61. The van der Waals surface area contributed by atoms with Gasteiger partial charge >= 0.3 is 0 Å². The van der Waals surface area contributed by atoms with Crippen LogP contribution < -0.4 is 15.8 Å². The van der Waals surface area contributed by atoms with Crippen LogP contribution in [0.25, 0.3) is 0 Å². The second-order valence-corrected chi connectivity index (χ2v) is 4.07. The minimum atomic E-state index is -0.650. The smallest absolute Gasteiger partial charge is 0.239 e. The third kappa shape index (κ3) is 4.01. The van der Waals surface area contributed by atoms with Gasteiger partial charge in [-0.25, -0.2) is 0 Å². The fourth-order valence-electron chi connectivity index (χ4n) is 1.57. The summed E-state index contributed by atoms with van der Waals surface area (Å²) in [5.74, 6) is 0.530. The molecule has 1 aromatic rings. The molecule has 0 radical (unpaired) electrons. The molecule has 1 aromatic carbocycles. The molecule has 0 bridgehead atoms. The molecule has 0 spiro atoms. The van der Waals surface area contributed by atoms with Gasteiger partial charge in [-0.05, 0) is 24.6 Å². The summed E-state index contributed by atoms with van der Waals surface area (Å²) in [7, 11) is 3.12. The van der Waals surface area contributed by atoms with Gasteiger partial charge in [-0.1, -0.05) is 12.1 Å². The zero-order valence-electron chi connectivity index (χ0n) is 11.0. The van der Waals surface area contributed by atoms with E-state index in [2.05, 4.69) is 5.32 Å². The van der Waals surface area contributed by atoms with E-state index in [4.69, 9.17) is 15.2 Å². The van der Waals surface area contributed by atoms with Gasteiger partial charge in [0.1, 0.15) is 11.8 Å². The van der Waals surface area contributed by atoms with Gasteiger partial charge in [-0.2, -0.15) is 0 Å². The number of hydrogen-bond acceptors (Lipinski definition) is 4. The summed E-state index contributed by atoms with van der Waals surface area (Å²) in [6.07, 6.45) is 0. The molecule has 0 saturated carbocycles. The van der Waals surface area contributed by atoms with E-state index in [9.17, 15) is 4.79 Å². The van der Waals surface area contributed by atoms with Crippen molar-refractivity contribution in [2.45, 2.75) is 19.0 Å². The van der Waals surface area contributed by atoms with Crippen LogP contribution in [0.15, 0.2) is 24.3 Å². The van der Waals surface area contributed by atoms with E-state index >= 15 is 0 Å². The molecule has 1 unspecified atom stereocenters. The van der Waals surface area contributed by atoms with Gasteiger partial charge in [-0.3, -0.25) is 4.79 Å². The topological polar surface area (TPSA) is 73.6 Å².